The molecule has 3 unspecified atom stereocenters. The van der Waals surface area contributed by atoms with E-state index in [-0.39, 0.29) is 12.1 Å². The van der Waals surface area contributed by atoms with Gasteiger partial charge in [-0.05, 0) is 36.5 Å². The minimum atomic E-state index is -0.0171. The van der Waals surface area contributed by atoms with Gasteiger partial charge in [-0.1, -0.05) is 43.5 Å². The van der Waals surface area contributed by atoms with Crippen molar-refractivity contribution in [2.45, 2.75) is 44.8 Å². The fourth-order valence-corrected chi connectivity index (χ4v) is 3.74. The van der Waals surface area contributed by atoms with Crippen LogP contribution in [0.5, 0.6) is 0 Å². The standard InChI is InChI=1S/C16H21ClN2O/c1-11-4-2-7-14(8-11)19-15(20)10-18-16(19)12-5-3-6-13(17)9-12/h3,5-6,9,11,14,16,18H,2,4,7-8,10H2,1H3. The molecule has 2 aliphatic rings. The number of nitrogens with one attached hydrogen (secondary N) is 1. The molecule has 3 atom stereocenters. The van der Waals surface area contributed by atoms with Crippen LogP contribution in [0.3, 0.4) is 0 Å². The molecular formula is C16H21ClN2O. The molecule has 2 fully saturated rings. The highest BCUT2D eigenvalue weighted by molar-refractivity contribution is 6.30. The fraction of sp³-hybridized carbons (Fsp3) is 0.562. The van der Waals surface area contributed by atoms with Crippen molar-refractivity contribution in [2.24, 2.45) is 5.92 Å². The second-order valence-electron chi connectivity index (χ2n) is 6.07. The third-order valence-corrected chi connectivity index (χ3v) is 4.71. The number of amides is 1. The van der Waals surface area contributed by atoms with E-state index in [2.05, 4.69) is 17.1 Å². The van der Waals surface area contributed by atoms with E-state index in [9.17, 15) is 4.79 Å². The normalized spacial score (nSPS) is 30.8. The molecule has 0 aromatic heterocycles. The molecule has 1 saturated carbocycles. The van der Waals surface area contributed by atoms with Gasteiger partial charge in [0.2, 0.25) is 5.91 Å². The Labute approximate surface area is 125 Å². The van der Waals surface area contributed by atoms with Crippen molar-refractivity contribution < 1.29 is 4.79 Å². The maximum absolute atomic E-state index is 12.3. The maximum Gasteiger partial charge on any atom is 0.238 e. The highest BCUT2D eigenvalue weighted by Crippen LogP contribution is 2.34. The third-order valence-electron chi connectivity index (χ3n) is 4.48. The van der Waals surface area contributed by atoms with E-state index in [1.165, 1.54) is 12.8 Å². The van der Waals surface area contributed by atoms with Gasteiger partial charge in [-0.3, -0.25) is 10.1 Å². The highest BCUT2D eigenvalue weighted by Gasteiger charge is 2.38. The Balaban J connectivity index is 1.85. The number of rotatable bonds is 2. The van der Waals surface area contributed by atoms with Gasteiger partial charge < -0.3 is 4.90 Å². The molecule has 0 bridgehead atoms. The number of hydrogen-bond donors (Lipinski definition) is 1. The van der Waals surface area contributed by atoms with Crippen LogP contribution in [0.25, 0.3) is 0 Å². The summed E-state index contributed by atoms with van der Waals surface area (Å²) in [4.78, 5) is 14.3. The van der Waals surface area contributed by atoms with Gasteiger partial charge in [0.05, 0.1) is 6.54 Å². The summed E-state index contributed by atoms with van der Waals surface area (Å²) in [6.45, 7) is 2.72. The summed E-state index contributed by atoms with van der Waals surface area (Å²) in [6.07, 6.45) is 4.72. The summed E-state index contributed by atoms with van der Waals surface area (Å²) in [5.74, 6) is 0.927. The van der Waals surface area contributed by atoms with E-state index in [1.54, 1.807) is 0 Å². The van der Waals surface area contributed by atoms with Crippen LogP contribution in [0, 0.1) is 5.92 Å². The number of halogens is 1. The van der Waals surface area contributed by atoms with Gasteiger partial charge in [0, 0.05) is 11.1 Å². The van der Waals surface area contributed by atoms with Crippen LogP contribution in [-0.4, -0.2) is 23.4 Å². The van der Waals surface area contributed by atoms with Crippen molar-refractivity contribution in [3.05, 3.63) is 34.9 Å². The first-order valence-electron chi connectivity index (χ1n) is 7.45. The molecule has 0 radical (unpaired) electrons. The first-order valence-corrected chi connectivity index (χ1v) is 7.83. The lowest BCUT2D eigenvalue weighted by molar-refractivity contribution is -0.131. The Bertz CT molecular complexity index is 505. The van der Waals surface area contributed by atoms with Gasteiger partial charge >= 0.3 is 0 Å². The lowest BCUT2D eigenvalue weighted by Crippen LogP contribution is -2.42. The quantitative estimate of drug-likeness (QED) is 0.906. The summed E-state index contributed by atoms with van der Waals surface area (Å²) < 4.78 is 0. The largest absolute Gasteiger partial charge is 0.319 e. The molecule has 1 saturated heterocycles. The zero-order valence-corrected chi connectivity index (χ0v) is 12.6. The summed E-state index contributed by atoms with van der Waals surface area (Å²) >= 11 is 6.09. The van der Waals surface area contributed by atoms with Gasteiger partial charge in [-0.25, -0.2) is 0 Å². The van der Waals surface area contributed by atoms with Crippen LogP contribution in [0.1, 0.15) is 44.3 Å². The molecule has 3 rings (SSSR count). The van der Waals surface area contributed by atoms with Crippen molar-refractivity contribution in [3.8, 4) is 0 Å². The zero-order valence-electron chi connectivity index (χ0n) is 11.8. The average molecular weight is 293 g/mol. The molecule has 1 aliphatic heterocycles. The van der Waals surface area contributed by atoms with E-state index >= 15 is 0 Å². The summed E-state index contributed by atoms with van der Waals surface area (Å²) in [6, 6.07) is 8.18. The van der Waals surface area contributed by atoms with Crippen LogP contribution < -0.4 is 5.32 Å². The third kappa shape index (κ3) is 2.70. The fourth-order valence-electron chi connectivity index (χ4n) is 3.54. The van der Waals surface area contributed by atoms with E-state index in [0.717, 1.165) is 23.4 Å². The van der Waals surface area contributed by atoms with Gasteiger partial charge in [0.15, 0.2) is 0 Å². The topological polar surface area (TPSA) is 32.3 Å². The Morgan fingerprint density at radius 2 is 2.20 bits per heavy atom. The molecule has 108 valence electrons. The van der Waals surface area contributed by atoms with Crippen LogP contribution in [0.15, 0.2) is 24.3 Å². The van der Waals surface area contributed by atoms with Crippen LogP contribution in [0.2, 0.25) is 5.02 Å². The average Bonchev–Trinajstić information content (AvgIpc) is 2.80. The van der Waals surface area contributed by atoms with Gasteiger partial charge in [-0.2, -0.15) is 0 Å². The van der Waals surface area contributed by atoms with E-state index < -0.39 is 0 Å². The number of benzene rings is 1. The molecule has 1 amide bonds. The van der Waals surface area contributed by atoms with Crippen molar-refractivity contribution in [3.63, 3.8) is 0 Å². The number of nitrogens with zero attached hydrogens (tertiary/aromatic N) is 1. The monoisotopic (exact) mass is 292 g/mol. The summed E-state index contributed by atoms with van der Waals surface area (Å²) in [5, 5.41) is 4.05. The molecule has 0 spiro atoms. The molecule has 20 heavy (non-hydrogen) atoms. The Kier molecular flexibility index (Phi) is 3.99. The van der Waals surface area contributed by atoms with Crippen LogP contribution in [0.4, 0.5) is 0 Å². The Hall–Kier alpha value is -1.06. The summed E-state index contributed by atoms with van der Waals surface area (Å²) in [7, 11) is 0. The van der Waals surface area contributed by atoms with Crippen molar-refractivity contribution in [1.29, 1.82) is 0 Å². The Morgan fingerprint density at radius 1 is 1.35 bits per heavy atom. The number of hydrogen-bond acceptors (Lipinski definition) is 2. The second kappa shape index (κ2) is 5.74. The highest BCUT2D eigenvalue weighted by atomic mass is 35.5. The lowest BCUT2D eigenvalue weighted by atomic mass is 9.86. The molecular weight excluding hydrogens is 272 g/mol. The van der Waals surface area contributed by atoms with Crippen LogP contribution in [-0.2, 0) is 4.79 Å². The molecule has 1 aliphatic carbocycles. The number of carbonyl (C=O) groups is 1. The van der Waals surface area contributed by atoms with E-state index in [0.29, 0.717) is 18.5 Å². The predicted molar refractivity (Wildman–Crippen MR) is 80.5 cm³/mol. The van der Waals surface area contributed by atoms with E-state index in [4.69, 9.17) is 11.6 Å². The lowest BCUT2D eigenvalue weighted by Gasteiger charge is -2.37. The van der Waals surface area contributed by atoms with Crippen molar-refractivity contribution in [2.75, 3.05) is 6.54 Å². The molecule has 1 aromatic carbocycles. The SMILES string of the molecule is CC1CCCC(N2C(=O)CNC2c2cccc(Cl)c2)C1. The predicted octanol–water partition coefficient (Wildman–Crippen LogP) is 3.35. The van der Waals surface area contributed by atoms with Crippen molar-refractivity contribution >= 4 is 17.5 Å². The second-order valence-corrected chi connectivity index (χ2v) is 6.50. The minimum absolute atomic E-state index is 0.0171. The zero-order chi connectivity index (χ0) is 14.1. The molecule has 4 heteroatoms. The maximum atomic E-state index is 12.3. The first kappa shape index (κ1) is 13.9. The molecule has 1 aromatic rings. The van der Waals surface area contributed by atoms with Gasteiger partial charge in [0.1, 0.15) is 6.17 Å². The van der Waals surface area contributed by atoms with Gasteiger partial charge in [-0.15, -0.1) is 0 Å². The minimum Gasteiger partial charge on any atom is -0.319 e. The smallest absolute Gasteiger partial charge is 0.238 e. The van der Waals surface area contributed by atoms with E-state index in [1.807, 2.05) is 24.3 Å². The molecule has 1 N–H and O–H groups in total. The number of carbonyl (C=O) groups excluding carboxylic acids is 1. The first-order chi connectivity index (χ1) is 9.65. The van der Waals surface area contributed by atoms with Crippen LogP contribution >= 0.6 is 11.6 Å². The molecule has 1 heterocycles. The van der Waals surface area contributed by atoms with Gasteiger partial charge in [0.25, 0.3) is 0 Å². The van der Waals surface area contributed by atoms with Crippen molar-refractivity contribution in [1.82, 2.24) is 10.2 Å². The summed E-state index contributed by atoms with van der Waals surface area (Å²) in [5.41, 5.74) is 1.08. The molecule has 3 nitrogen and oxygen atoms in total. The Morgan fingerprint density at radius 3 is 2.95 bits per heavy atom.